The van der Waals surface area contributed by atoms with Gasteiger partial charge in [0.1, 0.15) is 11.3 Å². The number of unbranched alkanes of at least 4 members (excludes halogenated alkanes) is 2. The van der Waals surface area contributed by atoms with Gasteiger partial charge in [0.05, 0.1) is 5.56 Å². The van der Waals surface area contributed by atoms with E-state index < -0.39 is 0 Å². The van der Waals surface area contributed by atoms with E-state index >= 15 is 0 Å². The molecule has 2 aromatic carbocycles. The number of hydrogen-bond donors (Lipinski definition) is 3. The highest BCUT2D eigenvalue weighted by atomic mass is 32.1. The lowest BCUT2D eigenvalue weighted by molar-refractivity contribution is -0.119. The molecule has 28 heavy (non-hydrogen) atoms. The SMILES string of the molecule is CCCCCC(=O)NC(=S)Nc1ccc(-c2nc3cc(C)ccc3o2)c(O)c1. The molecule has 146 valence electrons. The van der Waals surface area contributed by atoms with Crippen molar-refractivity contribution < 1.29 is 14.3 Å². The number of phenolic OH excluding ortho intramolecular Hbond substituents is 1. The predicted molar refractivity (Wildman–Crippen MR) is 114 cm³/mol. The number of nitrogens with zero attached hydrogens (tertiary/aromatic N) is 1. The Morgan fingerprint density at radius 2 is 2.04 bits per heavy atom. The van der Waals surface area contributed by atoms with Gasteiger partial charge in [0.2, 0.25) is 11.8 Å². The summed E-state index contributed by atoms with van der Waals surface area (Å²) in [5.74, 6) is 0.232. The van der Waals surface area contributed by atoms with Crippen LogP contribution in [0.4, 0.5) is 5.69 Å². The van der Waals surface area contributed by atoms with Crippen molar-refractivity contribution in [1.29, 1.82) is 0 Å². The number of carbonyl (C=O) groups is 1. The Labute approximate surface area is 169 Å². The first-order valence-corrected chi connectivity index (χ1v) is 9.68. The lowest BCUT2D eigenvalue weighted by atomic mass is 10.2. The van der Waals surface area contributed by atoms with Crippen LogP contribution >= 0.6 is 12.2 Å². The van der Waals surface area contributed by atoms with Crippen LogP contribution in [-0.4, -0.2) is 21.1 Å². The minimum Gasteiger partial charge on any atom is -0.507 e. The van der Waals surface area contributed by atoms with Crippen molar-refractivity contribution in [3.63, 3.8) is 0 Å². The van der Waals surface area contributed by atoms with Gasteiger partial charge in [0.25, 0.3) is 0 Å². The Hall–Kier alpha value is -2.93. The summed E-state index contributed by atoms with van der Waals surface area (Å²) >= 11 is 5.16. The van der Waals surface area contributed by atoms with Gasteiger partial charge >= 0.3 is 0 Å². The average Bonchev–Trinajstić information content (AvgIpc) is 3.04. The van der Waals surface area contributed by atoms with Crippen LogP contribution in [0.25, 0.3) is 22.6 Å². The summed E-state index contributed by atoms with van der Waals surface area (Å²) in [4.78, 5) is 16.3. The van der Waals surface area contributed by atoms with E-state index in [9.17, 15) is 9.90 Å². The molecule has 0 atom stereocenters. The maximum Gasteiger partial charge on any atom is 0.231 e. The fourth-order valence-electron chi connectivity index (χ4n) is 2.83. The van der Waals surface area contributed by atoms with Crippen molar-refractivity contribution in [2.75, 3.05) is 5.32 Å². The number of carbonyl (C=O) groups excluding carboxylic acids is 1. The number of rotatable bonds is 6. The van der Waals surface area contributed by atoms with Crippen LogP contribution in [0.3, 0.4) is 0 Å². The third kappa shape index (κ3) is 4.86. The van der Waals surface area contributed by atoms with Crippen molar-refractivity contribution in [1.82, 2.24) is 10.3 Å². The fraction of sp³-hybridized carbons (Fsp3) is 0.286. The monoisotopic (exact) mass is 397 g/mol. The first kappa shape index (κ1) is 19.8. The normalized spacial score (nSPS) is 10.8. The van der Waals surface area contributed by atoms with Crippen LogP contribution in [0, 0.1) is 6.92 Å². The molecule has 6 nitrogen and oxygen atoms in total. The maximum atomic E-state index is 11.8. The zero-order chi connectivity index (χ0) is 20.1. The number of nitrogens with one attached hydrogen (secondary N) is 2. The second-order valence-corrected chi connectivity index (χ2v) is 7.09. The van der Waals surface area contributed by atoms with Crippen LogP contribution in [0.1, 0.15) is 38.2 Å². The highest BCUT2D eigenvalue weighted by Crippen LogP contribution is 2.33. The molecule has 3 N–H and O–H groups in total. The van der Waals surface area contributed by atoms with Gasteiger partial charge in [-0.1, -0.05) is 25.8 Å². The molecule has 0 unspecified atom stereocenters. The standard InChI is InChI=1S/C21H23N3O3S/c1-3-4-5-6-19(26)24-21(28)22-14-8-9-15(17(25)12-14)20-23-16-11-13(2)7-10-18(16)27-20/h7-12,25H,3-6H2,1-2H3,(H2,22,24,26,28). The van der Waals surface area contributed by atoms with E-state index in [0.717, 1.165) is 30.3 Å². The third-order valence-corrected chi connectivity index (χ3v) is 4.49. The molecule has 0 saturated heterocycles. The van der Waals surface area contributed by atoms with E-state index in [-0.39, 0.29) is 16.8 Å². The van der Waals surface area contributed by atoms with Gasteiger partial charge in [-0.2, -0.15) is 0 Å². The van der Waals surface area contributed by atoms with Gasteiger partial charge < -0.3 is 20.2 Å². The second kappa shape index (κ2) is 8.84. The number of thiocarbonyl (C=S) groups is 1. The zero-order valence-corrected chi connectivity index (χ0v) is 16.7. The summed E-state index contributed by atoms with van der Waals surface area (Å²) in [5, 5.41) is 16.1. The summed E-state index contributed by atoms with van der Waals surface area (Å²) in [7, 11) is 0. The fourth-order valence-corrected chi connectivity index (χ4v) is 3.06. The van der Waals surface area contributed by atoms with Crippen molar-refractivity contribution in [2.45, 2.75) is 39.5 Å². The quantitative estimate of drug-likeness (QED) is 0.405. The smallest absolute Gasteiger partial charge is 0.231 e. The van der Waals surface area contributed by atoms with Crippen molar-refractivity contribution in [3.8, 4) is 17.2 Å². The third-order valence-electron chi connectivity index (χ3n) is 4.29. The van der Waals surface area contributed by atoms with Crippen molar-refractivity contribution in [3.05, 3.63) is 42.0 Å². The average molecular weight is 398 g/mol. The molecule has 7 heteroatoms. The van der Waals surface area contributed by atoms with Crippen LogP contribution in [0.15, 0.2) is 40.8 Å². The number of oxazole rings is 1. The molecule has 0 saturated carbocycles. The van der Waals surface area contributed by atoms with Crippen LogP contribution in [0.5, 0.6) is 5.75 Å². The summed E-state index contributed by atoms with van der Waals surface area (Å²) in [5.41, 5.74) is 3.53. The van der Waals surface area contributed by atoms with E-state index in [0.29, 0.717) is 29.1 Å². The largest absolute Gasteiger partial charge is 0.507 e. The lowest BCUT2D eigenvalue weighted by Crippen LogP contribution is -2.33. The molecule has 1 aromatic heterocycles. The number of benzene rings is 2. The van der Waals surface area contributed by atoms with Crippen LogP contribution < -0.4 is 10.6 Å². The lowest BCUT2D eigenvalue weighted by Gasteiger charge is -2.10. The molecule has 1 amide bonds. The summed E-state index contributed by atoms with van der Waals surface area (Å²) in [6.45, 7) is 4.07. The van der Waals surface area contributed by atoms with E-state index in [2.05, 4.69) is 22.5 Å². The highest BCUT2D eigenvalue weighted by Gasteiger charge is 2.13. The molecule has 0 radical (unpaired) electrons. The first-order chi connectivity index (χ1) is 13.5. The highest BCUT2D eigenvalue weighted by molar-refractivity contribution is 7.80. The number of phenols is 1. The Morgan fingerprint density at radius 3 is 2.79 bits per heavy atom. The molecular formula is C21H23N3O3S. The topological polar surface area (TPSA) is 87.4 Å². The number of aromatic nitrogens is 1. The Bertz CT molecular complexity index is 1010. The maximum absolute atomic E-state index is 11.8. The van der Waals surface area contributed by atoms with Crippen LogP contribution in [0.2, 0.25) is 0 Å². The van der Waals surface area contributed by atoms with Gasteiger partial charge in [-0.05, 0) is 55.4 Å². The first-order valence-electron chi connectivity index (χ1n) is 9.27. The molecule has 0 aliphatic heterocycles. The Morgan fingerprint density at radius 1 is 1.21 bits per heavy atom. The van der Waals surface area contributed by atoms with Gasteiger partial charge in [0.15, 0.2) is 10.7 Å². The number of aryl methyl sites for hydroxylation is 1. The van der Waals surface area contributed by atoms with Gasteiger partial charge in [-0.25, -0.2) is 4.98 Å². The minimum absolute atomic E-state index is 0.00495. The summed E-state index contributed by atoms with van der Waals surface area (Å²) < 4.78 is 5.74. The number of hydrogen-bond acceptors (Lipinski definition) is 5. The molecule has 0 aliphatic rings. The minimum atomic E-state index is -0.117. The molecule has 3 rings (SSSR count). The number of amides is 1. The molecular weight excluding hydrogens is 374 g/mol. The van der Waals surface area contributed by atoms with Gasteiger partial charge in [-0.3, -0.25) is 4.79 Å². The molecule has 3 aromatic rings. The summed E-state index contributed by atoms with van der Waals surface area (Å²) in [6, 6.07) is 10.7. The van der Waals surface area contributed by atoms with E-state index in [4.69, 9.17) is 16.6 Å². The number of fused-ring (bicyclic) bond motifs is 1. The van der Waals surface area contributed by atoms with E-state index in [1.807, 2.05) is 25.1 Å². The van der Waals surface area contributed by atoms with E-state index in [1.165, 1.54) is 6.07 Å². The number of anilines is 1. The second-order valence-electron chi connectivity index (χ2n) is 6.68. The van der Waals surface area contributed by atoms with Crippen molar-refractivity contribution >= 4 is 40.0 Å². The van der Waals surface area contributed by atoms with Gasteiger partial charge in [-0.15, -0.1) is 0 Å². The number of aromatic hydroxyl groups is 1. The molecule has 1 heterocycles. The van der Waals surface area contributed by atoms with Crippen molar-refractivity contribution in [2.24, 2.45) is 0 Å². The summed E-state index contributed by atoms with van der Waals surface area (Å²) in [6.07, 6.45) is 3.35. The predicted octanol–water partition coefficient (Wildman–Crippen LogP) is 4.90. The molecule has 0 fully saturated rings. The Balaban J connectivity index is 1.68. The Kier molecular flexibility index (Phi) is 6.26. The van der Waals surface area contributed by atoms with Gasteiger partial charge in [0, 0.05) is 18.2 Å². The molecule has 0 spiro atoms. The zero-order valence-electron chi connectivity index (χ0n) is 15.9. The molecule has 0 aliphatic carbocycles. The molecule has 0 bridgehead atoms. The van der Waals surface area contributed by atoms with E-state index in [1.54, 1.807) is 12.1 Å². The van der Waals surface area contributed by atoms with Crippen LogP contribution in [-0.2, 0) is 4.79 Å².